The van der Waals surface area contributed by atoms with Crippen LogP contribution < -0.4 is 5.69 Å². The van der Waals surface area contributed by atoms with Crippen molar-refractivity contribution in [1.29, 1.82) is 0 Å². The van der Waals surface area contributed by atoms with E-state index in [0.717, 1.165) is 36.3 Å². The number of nitrogens with zero attached hydrogens (tertiary/aromatic N) is 3. The minimum Gasteiger partial charge on any atom is -0.361 e. The number of hydrogen-bond donors (Lipinski definition) is 1. The summed E-state index contributed by atoms with van der Waals surface area (Å²) in [5.41, 5.74) is 2.14. The molecule has 7 heteroatoms. The van der Waals surface area contributed by atoms with Gasteiger partial charge in [0.1, 0.15) is 5.76 Å². The number of nitrogens with one attached hydrogen (secondary N) is 1. The highest BCUT2D eigenvalue weighted by Gasteiger charge is 2.26. The van der Waals surface area contributed by atoms with E-state index in [9.17, 15) is 9.59 Å². The van der Waals surface area contributed by atoms with Gasteiger partial charge < -0.3 is 14.4 Å². The molecule has 1 amide bonds. The van der Waals surface area contributed by atoms with Crippen LogP contribution in [-0.4, -0.2) is 39.0 Å². The van der Waals surface area contributed by atoms with Crippen molar-refractivity contribution in [2.24, 2.45) is 0 Å². The van der Waals surface area contributed by atoms with Crippen LogP contribution in [-0.2, 0) is 11.2 Å². The summed E-state index contributed by atoms with van der Waals surface area (Å²) < 4.78 is 5.12. The first-order valence-electron chi connectivity index (χ1n) is 7.79. The molecule has 0 spiro atoms. The molecule has 3 heterocycles. The van der Waals surface area contributed by atoms with Gasteiger partial charge in [-0.15, -0.1) is 0 Å². The first-order chi connectivity index (χ1) is 11.0. The Bertz CT molecular complexity index is 745. The molecule has 7 nitrogen and oxygen atoms in total. The minimum absolute atomic E-state index is 0.0699. The predicted octanol–water partition coefficient (Wildman–Crippen LogP) is 1.32. The summed E-state index contributed by atoms with van der Waals surface area (Å²) in [5, 5.41) is 3.89. The Morgan fingerprint density at radius 1 is 1.48 bits per heavy atom. The van der Waals surface area contributed by atoms with Gasteiger partial charge in [-0.3, -0.25) is 4.79 Å². The van der Waals surface area contributed by atoms with E-state index in [1.54, 1.807) is 0 Å². The van der Waals surface area contributed by atoms with Gasteiger partial charge in [0.2, 0.25) is 5.91 Å². The molecular formula is C16H20N4O3. The second-order valence-electron chi connectivity index (χ2n) is 5.99. The summed E-state index contributed by atoms with van der Waals surface area (Å²) in [6.07, 6.45) is 3.69. The molecule has 0 saturated carbocycles. The lowest BCUT2D eigenvalue weighted by Gasteiger charge is -2.32. The fourth-order valence-corrected chi connectivity index (χ4v) is 3.10. The third-order valence-electron chi connectivity index (χ3n) is 4.42. The van der Waals surface area contributed by atoms with Gasteiger partial charge in [0.25, 0.3) is 0 Å². The zero-order valence-electron chi connectivity index (χ0n) is 13.3. The lowest BCUT2D eigenvalue weighted by atomic mass is 9.94. The second kappa shape index (κ2) is 6.36. The number of rotatable bonds is 3. The molecule has 0 bridgehead atoms. The first-order valence-corrected chi connectivity index (χ1v) is 7.79. The van der Waals surface area contributed by atoms with Crippen LogP contribution in [0.4, 0.5) is 0 Å². The molecule has 1 N–H and O–H groups in total. The normalized spacial score (nSPS) is 18.2. The molecule has 0 unspecified atom stereocenters. The molecule has 2 aromatic rings. The van der Waals surface area contributed by atoms with Crippen molar-refractivity contribution in [2.45, 2.75) is 39.0 Å². The van der Waals surface area contributed by atoms with Crippen molar-refractivity contribution in [3.8, 4) is 0 Å². The topological polar surface area (TPSA) is 92.1 Å². The third kappa shape index (κ3) is 3.33. The highest BCUT2D eigenvalue weighted by Crippen LogP contribution is 2.25. The van der Waals surface area contributed by atoms with Crippen LogP contribution in [0.3, 0.4) is 0 Å². The molecule has 2 aromatic heterocycles. The number of piperidine rings is 1. The molecule has 1 aliphatic heterocycles. The lowest BCUT2D eigenvalue weighted by Crippen LogP contribution is -2.40. The van der Waals surface area contributed by atoms with E-state index < -0.39 is 0 Å². The van der Waals surface area contributed by atoms with Crippen molar-refractivity contribution in [3.63, 3.8) is 0 Å². The molecule has 23 heavy (non-hydrogen) atoms. The van der Waals surface area contributed by atoms with Gasteiger partial charge in [-0.1, -0.05) is 5.16 Å². The Balaban J connectivity index is 1.71. The fourth-order valence-electron chi connectivity index (χ4n) is 3.10. The van der Waals surface area contributed by atoms with Crippen molar-refractivity contribution < 1.29 is 9.32 Å². The van der Waals surface area contributed by atoms with Crippen LogP contribution in [0.5, 0.6) is 0 Å². The second-order valence-corrected chi connectivity index (χ2v) is 5.99. The van der Waals surface area contributed by atoms with E-state index in [2.05, 4.69) is 15.1 Å². The smallest absolute Gasteiger partial charge is 0.345 e. The Morgan fingerprint density at radius 2 is 2.30 bits per heavy atom. The van der Waals surface area contributed by atoms with E-state index in [4.69, 9.17) is 4.52 Å². The molecule has 0 aliphatic carbocycles. The summed E-state index contributed by atoms with van der Waals surface area (Å²) in [5.74, 6) is 0.913. The maximum Gasteiger partial charge on any atom is 0.345 e. The summed E-state index contributed by atoms with van der Waals surface area (Å²) in [4.78, 5) is 32.2. The van der Waals surface area contributed by atoms with Crippen LogP contribution in [0.15, 0.2) is 21.6 Å². The van der Waals surface area contributed by atoms with E-state index in [1.807, 2.05) is 24.8 Å². The largest absolute Gasteiger partial charge is 0.361 e. The Morgan fingerprint density at radius 3 is 3.00 bits per heavy atom. The number of aryl methyl sites for hydroxylation is 2. The van der Waals surface area contributed by atoms with Gasteiger partial charge in [-0.05, 0) is 32.8 Å². The van der Waals surface area contributed by atoms with Gasteiger partial charge >= 0.3 is 5.69 Å². The molecular weight excluding hydrogens is 296 g/mol. The summed E-state index contributed by atoms with van der Waals surface area (Å²) in [6, 6.07) is 1.81. The number of aromatic nitrogens is 3. The molecule has 0 aromatic carbocycles. The van der Waals surface area contributed by atoms with Crippen molar-refractivity contribution in [3.05, 3.63) is 45.5 Å². The van der Waals surface area contributed by atoms with E-state index in [1.165, 1.54) is 6.20 Å². The first kappa shape index (κ1) is 15.5. The zero-order valence-corrected chi connectivity index (χ0v) is 13.3. The number of aromatic amines is 1. The van der Waals surface area contributed by atoms with Crippen LogP contribution in [0.25, 0.3) is 0 Å². The number of carbonyl (C=O) groups is 1. The van der Waals surface area contributed by atoms with Gasteiger partial charge in [0, 0.05) is 36.5 Å². The summed E-state index contributed by atoms with van der Waals surface area (Å²) in [7, 11) is 0. The van der Waals surface area contributed by atoms with Crippen LogP contribution in [0, 0.1) is 13.8 Å². The lowest BCUT2D eigenvalue weighted by molar-refractivity contribution is -0.131. The quantitative estimate of drug-likeness (QED) is 0.922. The molecule has 1 fully saturated rings. The molecule has 0 radical (unpaired) electrons. The van der Waals surface area contributed by atoms with Crippen LogP contribution in [0.2, 0.25) is 0 Å². The standard InChI is InChI=1S/C16H20N4O3/c1-10-13(11(2)23-19-10)8-15(21)20-7-3-4-12(9-20)14-5-6-17-16(22)18-14/h5-6,12H,3-4,7-9H2,1-2H3,(H,17,18,22)/t12-/m0/s1. The molecule has 1 aliphatic rings. The van der Waals surface area contributed by atoms with E-state index in [0.29, 0.717) is 18.7 Å². The third-order valence-corrected chi connectivity index (χ3v) is 4.42. The maximum atomic E-state index is 12.6. The number of carbonyl (C=O) groups excluding carboxylic acids is 1. The summed E-state index contributed by atoms with van der Waals surface area (Å²) in [6.45, 7) is 5.03. The fraction of sp³-hybridized carbons (Fsp3) is 0.500. The minimum atomic E-state index is -0.346. The average molecular weight is 316 g/mol. The van der Waals surface area contributed by atoms with E-state index >= 15 is 0 Å². The van der Waals surface area contributed by atoms with E-state index in [-0.39, 0.29) is 17.5 Å². The van der Waals surface area contributed by atoms with Crippen molar-refractivity contribution in [1.82, 2.24) is 20.0 Å². The monoisotopic (exact) mass is 316 g/mol. The van der Waals surface area contributed by atoms with Crippen LogP contribution >= 0.6 is 0 Å². The number of hydrogen-bond acceptors (Lipinski definition) is 5. The number of amides is 1. The highest BCUT2D eigenvalue weighted by molar-refractivity contribution is 5.79. The van der Waals surface area contributed by atoms with Crippen molar-refractivity contribution >= 4 is 5.91 Å². The van der Waals surface area contributed by atoms with Gasteiger partial charge in [-0.25, -0.2) is 9.78 Å². The Hall–Kier alpha value is -2.44. The highest BCUT2D eigenvalue weighted by atomic mass is 16.5. The maximum absolute atomic E-state index is 12.6. The summed E-state index contributed by atoms with van der Waals surface area (Å²) >= 11 is 0. The zero-order chi connectivity index (χ0) is 16.4. The van der Waals surface area contributed by atoms with Gasteiger partial charge in [-0.2, -0.15) is 0 Å². The Kier molecular flexibility index (Phi) is 4.27. The number of H-pyrrole nitrogens is 1. The Labute approximate surface area is 133 Å². The molecule has 122 valence electrons. The molecule has 3 rings (SSSR count). The van der Waals surface area contributed by atoms with Gasteiger partial charge in [0.15, 0.2) is 0 Å². The van der Waals surface area contributed by atoms with Gasteiger partial charge in [0.05, 0.1) is 12.1 Å². The van der Waals surface area contributed by atoms with Crippen molar-refractivity contribution in [2.75, 3.05) is 13.1 Å². The molecule has 1 saturated heterocycles. The average Bonchev–Trinajstić information content (AvgIpc) is 2.87. The van der Waals surface area contributed by atoms with Crippen LogP contribution in [0.1, 0.15) is 41.5 Å². The number of likely N-dealkylation sites (tertiary alicyclic amines) is 1. The molecule has 1 atom stereocenters. The predicted molar refractivity (Wildman–Crippen MR) is 83.1 cm³/mol. The SMILES string of the molecule is Cc1noc(C)c1CC(=O)N1CCC[C@H](c2ccnc(=O)[nH]2)C1.